The Bertz CT molecular complexity index is 990. The second kappa shape index (κ2) is 7.33. The van der Waals surface area contributed by atoms with E-state index in [0.29, 0.717) is 29.7 Å². The fourth-order valence-electron chi connectivity index (χ4n) is 2.74. The molecule has 3 aromatic rings. The van der Waals surface area contributed by atoms with Gasteiger partial charge in [-0.2, -0.15) is 0 Å². The fourth-order valence-corrected chi connectivity index (χ4v) is 2.74. The van der Waals surface area contributed by atoms with Crippen molar-refractivity contribution in [1.29, 1.82) is 0 Å². The van der Waals surface area contributed by atoms with Crippen molar-refractivity contribution in [2.24, 2.45) is 0 Å². The highest BCUT2D eigenvalue weighted by Crippen LogP contribution is 2.34. The van der Waals surface area contributed by atoms with Crippen LogP contribution in [0.15, 0.2) is 54.7 Å². The van der Waals surface area contributed by atoms with Gasteiger partial charge in [0.15, 0.2) is 11.5 Å². The van der Waals surface area contributed by atoms with Gasteiger partial charge in [0.2, 0.25) is 12.7 Å². The molecule has 0 aliphatic carbocycles. The Morgan fingerprint density at radius 1 is 1.11 bits per heavy atom. The predicted molar refractivity (Wildman–Crippen MR) is 101 cm³/mol. The van der Waals surface area contributed by atoms with Crippen molar-refractivity contribution in [2.75, 3.05) is 17.4 Å². The number of ether oxygens (including phenoxy) is 2. The van der Waals surface area contributed by atoms with Gasteiger partial charge in [-0.15, -0.1) is 0 Å². The monoisotopic (exact) mass is 362 g/mol. The van der Waals surface area contributed by atoms with Crippen LogP contribution in [0.5, 0.6) is 11.5 Å². The van der Waals surface area contributed by atoms with Crippen LogP contribution in [0.25, 0.3) is 0 Å². The molecular weight excluding hydrogens is 344 g/mol. The third-order valence-electron chi connectivity index (χ3n) is 4.05. The largest absolute Gasteiger partial charge is 0.454 e. The first-order chi connectivity index (χ1) is 13.2. The number of carbonyl (C=O) groups is 1. The van der Waals surface area contributed by atoms with Crippen LogP contribution in [0.2, 0.25) is 0 Å². The maximum atomic E-state index is 12.5. The first-order valence-corrected chi connectivity index (χ1v) is 8.51. The zero-order chi connectivity index (χ0) is 18.6. The summed E-state index contributed by atoms with van der Waals surface area (Å²) in [5.41, 5.74) is 3.19. The number of amides is 1. The van der Waals surface area contributed by atoms with E-state index in [-0.39, 0.29) is 18.4 Å². The van der Waals surface area contributed by atoms with Gasteiger partial charge in [-0.25, -0.2) is 9.97 Å². The maximum absolute atomic E-state index is 12.5. The van der Waals surface area contributed by atoms with Gasteiger partial charge in [0.1, 0.15) is 5.69 Å². The smallest absolute Gasteiger partial charge is 0.274 e. The van der Waals surface area contributed by atoms with Crippen molar-refractivity contribution in [3.8, 4) is 11.5 Å². The zero-order valence-corrected chi connectivity index (χ0v) is 14.7. The summed E-state index contributed by atoms with van der Waals surface area (Å²) in [4.78, 5) is 20.9. The molecule has 0 bridgehead atoms. The van der Waals surface area contributed by atoms with Crippen LogP contribution in [0.4, 0.5) is 11.6 Å². The van der Waals surface area contributed by atoms with Crippen LogP contribution in [-0.4, -0.2) is 22.7 Å². The fraction of sp³-hybridized carbons (Fsp3) is 0.150. The lowest BCUT2D eigenvalue weighted by Gasteiger charge is -2.08. The highest BCUT2D eigenvalue weighted by molar-refractivity contribution is 6.03. The Kier molecular flexibility index (Phi) is 4.57. The van der Waals surface area contributed by atoms with Crippen LogP contribution >= 0.6 is 0 Å². The molecule has 7 heteroatoms. The van der Waals surface area contributed by atoms with E-state index in [4.69, 9.17) is 9.47 Å². The number of hydrogen-bond acceptors (Lipinski definition) is 6. The Morgan fingerprint density at radius 3 is 2.89 bits per heavy atom. The van der Waals surface area contributed by atoms with Crippen LogP contribution in [0, 0.1) is 6.92 Å². The molecule has 1 aliphatic heterocycles. The molecule has 2 aromatic carbocycles. The number of carbonyl (C=O) groups excluding carboxylic acids is 1. The van der Waals surface area contributed by atoms with Gasteiger partial charge >= 0.3 is 0 Å². The number of rotatable bonds is 5. The first kappa shape index (κ1) is 16.8. The van der Waals surface area contributed by atoms with E-state index in [9.17, 15) is 4.79 Å². The molecule has 0 saturated heterocycles. The van der Waals surface area contributed by atoms with E-state index in [2.05, 4.69) is 26.7 Å². The van der Waals surface area contributed by atoms with Gasteiger partial charge in [-0.1, -0.05) is 29.8 Å². The van der Waals surface area contributed by atoms with Crippen molar-refractivity contribution in [3.05, 3.63) is 71.5 Å². The van der Waals surface area contributed by atoms with Crippen molar-refractivity contribution >= 4 is 17.5 Å². The van der Waals surface area contributed by atoms with E-state index >= 15 is 0 Å². The number of anilines is 2. The molecule has 0 spiro atoms. The Labute approximate surface area is 156 Å². The number of nitrogens with zero attached hydrogens (tertiary/aromatic N) is 2. The van der Waals surface area contributed by atoms with Gasteiger partial charge in [0.05, 0.1) is 0 Å². The normalized spacial score (nSPS) is 11.9. The molecule has 136 valence electrons. The average Bonchev–Trinajstić information content (AvgIpc) is 3.14. The van der Waals surface area contributed by atoms with E-state index in [0.717, 1.165) is 5.56 Å². The van der Waals surface area contributed by atoms with Crippen LogP contribution in [0.3, 0.4) is 0 Å². The minimum absolute atomic E-state index is 0.189. The van der Waals surface area contributed by atoms with E-state index < -0.39 is 0 Å². The molecule has 0 unspecified atom stereocenters. The number of aromatic nitrogens is 2. The lowest BCUT2D eigenvalue weighted by atomic mass is 10.1. The molecule has 0 fully saturated rings. The predicted octanol–water partition coefficient (Wildman–Crippen LogP) is 3.38. The van der Waals surface area contributed by atoms with E-state index in [1.54, 1.807) is 30.5 Å². The van der Waals surface area contributed by atoms with Gasteiger partial charge in [-0.3, -0.25) is 4.79 Å². The van der Waals surface area contributed by atoms with Crippen LogP contribution < -0.4 is 20.1 Å². The van der Waals surface area contributed by atoms with Crippen molar-refractivity contribution in [3.63, 3.8) is 0 Å². The highest BCUT2D eigenvalue weighted by Gasteiger charge is 2.15. The molecule has 1 aromatic heterocycles. The molecule has 0 saturated carbocycles. The number of benzene rings is 2. The third-order valence-corrected chi connectivity index (χ3v) is 4.05. The maximum Gasteiger partial charge on any atom is 0.274 e. The molecular formula is C20H18N4O3. The minimum atomic E-state index is -0.324. The SMILES string of the molecule is Cc1cccc(CNc2nccc(C(=O)Nc3ccc4c(c3)OCO4)n2)c1. The zero-order valence-electron chi connectivity index (χ0n) is 14.7. The molecule has 0 radical (unpaired) electrons. The van der Waals surface area contributed by atoms with Gasteiger partial charge in [-0.05, 0) is 30.7 Å². The second-order valence-corrected chi connectivity index (χ2v) is 6.13. The topological polar surface area (TPSA) is 85.4 Å². The third kappa shape index (κ3) is 3.98. The summed E-state index contributed by atoms with van der Waals surface area (Å²) >= 11 is 0. The minimum Gasteiger partial charge on any atom is -0.454 e. The molecule has 0 atom stereocenters. The summed E-state index contributed by atoms with van der Waals surface area (Å²) < 4.78 is 10.6. The summed E-state index contributed by atoms with van der Waals surface area (Å²) in [6.07, 6.45) is 1.56. The summed E-state index contributed by atoms with van der Waals surface area (Å²) in [6, 6.07) is 15.0. The summed E-state index contributed by atoms with van der Waals surface area (Å²) in [5, 5.41) is 5.95. The Morgan fingerprint density at radius 2 is 2.00 bits per heavy atom. The van der Waals surface area contributed by atoms with Gasteiger partial charge in [0, 0.05) is 24.5 Å². The van der Waals surface area contributed by atoms with Gasteiger partial charge in [0.25, 0.3) is 5.91 Å². The molecule has 7 nitrogen and oxygen atoms in total. The molecule has 2 N–H and O–H groups in total. The lowest BCUT2D eigenvalue weighted by Crippen LogP contribution is -2.15. The summed E-state index contributed by atoms with van der Waals surface area (Å²) in [5.74, 6) is 1.35. The lowest BCUT2D eigenvalue weighted by molar-refractivity contribution is 0.102. The first-order valence-electron chi connectivity index (χ1n) is 8.51. The molecule has 2 heterocycles. The number of hydrogen-bond donors (Lipinski definition) is 2. The van der Waals surface area contributed by atoms with Crippen molar-refractivity contribution in [2.45, 2.75) is 13.5 Å². The number of nitrogens with one attached hydrogen (secondary N) is 2. The number of fused-ring (bicyclic) bond motifs is 1. The van der Waals surface area contributed by atoms with Gasteiger partial charge < -0.3 is 20.1 Å². The average molecular weight is 362 g/mol. The standard InChI is InChI=1S/C20H18N4O3/c1-13-3-2-4-14(9-13)11-22-20-21-8-7-16(24-20)19(25)23-15-5-6-17-18(10-15)27-12-26-17/h2-10H,11-12H2,1H3,(H,23,25)(H,21,22,24). The van der Waals surface area contributed by atoms with E-state index in [1.807, 2.05) is 25.1 Å². The Hall–Kier alpha value is -3.61. The molecule has 1 amide bonds. The van der Waals surface area contributed by atoms with Crippen LogP contribution in [0.1, 0.15) is 21.6 Å². The van der Waals surface area contributed by atoms with Crippen molar-refractivity contribution in [1.82, 2.24) is 9.97 Å². The van der Waals surface area contributed by atoms with Crippen molar-refractivity contribution < 1.29 is 14.3 Å². The van der Waals surface area contributed by atoms with Crippen LogP contribution in [-0.2, 0) is 6.54 Å². The molecule has 4 rings (SSSR count). The molecule has 1 aliphatic rings. The second-order valence-electron chi connectivity index (χ2n) is 6.13. The quantitative estimate of drug-likeness (QED) is 0.724. The summed E-state index contributed by atoms with van der Waals surface area (Å²) in [7, 11) is 0. The Balaban J connectivity index is 1.43. The highest BCUT2D eigenvalue weighted by atomic mass is 16.7. The number of aryl methyl sites for hydroxylation is 1. The summed E-state index contributed by atoms with van der Waals surface area (Å²) in [6.45, 7) is 2.81. The molecule has 27 heavy (non-hydrogen) atoms. The van der Waals surface area contributed by atoms with E-state index in [1.165, 1.54) is 5.56 Å².